The lowest BCUT2D eigenvalue weighted by Crippen LogP contribution is -2.39. The number of nitrogens with one attached hydrogen (secondary N) is 1. The Balaban J connectivity index is 2.29. The Hall–Kier alpha value is 0.160. The van der Waals surface area contributed by atoms with Gasteiger partial charge in [-0.25, -0.2) is 0 Å². The van der Waals surface area contributed by atoms with Gasteiger partial charge in [-0.15, -0.1) is 0 Å². The van der Waals surface area contributed by atoms with Crippen LogP contribution in [0.25, 0.3) is 0 Å². The molecule has 1 saturated heterocycles. The number of aryl methyl sites for hydroxylation is 1. The van der Waals surface area contributed by atoms with E-state index in [1.165, 1.54) is 17.2 Å². The number of thioether (sulfide) groups is 2. The van der Waals surface area contributed by atoms with E-state index < -0.39 is 0 Å². The molecule has 1 aromatic rings. The van der Waals surface area contributed by atoms with Gasteiger partial charge in [-0.1, -0.05) is 32.4 Å². The molecular formula is C14H24ClN3S2. The van der Waals surface area contributed by atoms with Crippen molar-refractivity contribution in [2.24, 2.45) is 0 Å². The third kappa shape index (κ3) is 3.67. The van der Waals surface area contributed by atoms with Gasteiger partial charge in [-0.3, -0.25) is 4.68 Å². The van der Waals surface area contributed by atoms with E-state index in [1.807, 2.05) is 0 Å². The van der Waals surface area contributed by atoms with Gasteiger partial charge in [0.15, 0.2) is 0 Å². The van der Waals surface area contributed by atoms with Crippen LogP contribution in [0.3, 0.4) is 0 Å². The van der Waals surface area contributed by atoms with Crippen molar-refractivity contribution in [1.29, 1.82) is 0 Å². The molecule has 1 fully saturated rings. The molecule has 0 radical (unpaired) electrons. The molecule has 1 N–H and O–H groups in total. The van der Waals surface area contributed by atoms with Crippen molar-refractivity contribution in [3.8, 4) is 0 Å². The van der Waals surface area contributed by atoms with Gasteiger partial charge in [0.25, 0.3) is 0 Å². The Bertz CT molecular complexity index is 425. The Morgan fingerprint density at radius 3 is 2.85 bits per heavy atom. The Morgan fingerprint density at radius 2 is 2.20 bits per heavy atom. The highest BCUT2D eigenvalue weighted by Crippen LogP contribution is 2.40. The van der Waals surface area contributed by atoms with E-state index in [0.717, 1.165) is 24.5 Å². The predicted molar refractivity (Wildman–Crippen MR) is 92.1 cm³/mol. The summed E-state index contributed by atoms with van der Waals surface area (Å²) >= 11 is 10.6. The third-order valence-corrected chi connectivity index (χ3v) is 7.04. The van der Waals surface area contributed by atoms with Gasteiger partial charge in [0.1, 0.15) is 0 Å². The fourth-order valence-electron chi connectivity index (χ4n) is 2.68. The van der Waals surface area contributed by atoms with Crippen LogP contribution in [0, 0.1) is 0 Å². The first-order valence-corrected chi connectivity index (χ1v) is 9.84. The van der Waals surface area contributed by atoms with E-state index in [0.29, 0.717) is 10.5 Å². The molecule has 3 nitrogen and oxygen atoms in total. The molecule has 0 amide bonds. The molecule has 3 unspecified atom stereocenters. The van der Waals surface area contributed by atoms with Crippen LogP contribution < -0.4 is 5.32 Å². The standard InChI is InChI=1S/C14H24ClN3S2/c1-4-6-18-13(11(15)9-17-18)12(16-5-2)14-10(3)19-7-8-20-14/h9-10,12,14,16H,4-8H2,1-3H3. The predicted octanol–water partition coefficient (Wildman–Crippen LogP) is 3.83. The Kier molecular flexibility index (Phi) is 6.59. The molecule has 1 aliphatic heterocycles. The summed E-state index contributed by atoms with van der Waals surface area (Å²) in [6, 6.07) is 0.286. The molecule has 1 aromatic heterocycles. The molecule has 0 aliphatic carbocycles. The number of rotatable bonds is 6. The first kappa shape index (κ1) is 16.5. The fraction of sp³-hybridized carbons (Fsp3) is 0.786. The van der Waals surface area contributed by atoms with Gasteiger partial charge >= 0.3 is 0 Å². The van der Waals surface area contributed by atoms with Gasteiger partial charge in [0.05, 0.1) is 23.0 Å². The topological polar surface area (TPSA) is 29.9 Å². The molecule has 0 aromatic carbocycles. The smallest absolute Gasteiger partial charge is 0.0834 e. The second-order valence-electron chi connectivity index (χ2n) is 5.05. The molecule has 0 saturated carbocycles. The van der Waals surface area contributed by atoms with Gasteiger partial charge in [-0.2, -0.15) is 28.6 Å². The SMILES string of the molecule is CCCn1ncc(Cl)c1C(NCC)C1SCCSC1C. The third-order valence-electron chi connectivity index (χ3n) is 3.55. The maximum absolute atomic E-state index is 6.44. The summed E-state index contributed by atoms with van der Waals surface area (Å²) in [4.78, 5) is 0. The highest BCUT2D eigenvalue weighted by Gasteiger charge is 2.34. The van der Waals surface area contributed by atoms with Crippen LogP contribution in [0.5, 0.6) is 0 Å². The quantitative estimate of drug-likeness (QED) is 0.856. The van der Waals surface area contributed by atoms with Crippen molar-refractivity contribution in [1.82, 2.24) is 15.1 Å². The van der Waals surface area contributed by atoms with E-state index >= 15 is 0 Å². The Morgan fingerprint density at radius 1 is 1.45 bits per heavy atom. The average Bonchev–Trinajstić information content (AvgIpc) is 2.79. The minimum atomic E-state index is 0.286. The highest BCUT2D eigenvalue weighted by molar-refractivity contribution is 8.07. The zero-order chi connectivity index (χ0) is 14.5. The minimum absolute atomic E-state index is 0.286. The molecule has 2 rings (SSSR count). The number of hydrogen-bond acceptors (Lipinski definition) is 4. The van der Waals surface area contributed by atoms with Gasteiger partial charge < -0.3 is 5.32 Å². The van der Waals surface area contributed by atoms with Crippen molar-refractivity contribution in [2.45, 2.75) is 50.3 Å². The van der Waals surface area contributed by atoms with Gasteiger partial charge in [-0.05, 0) is 13.0 Å². The zero-order valence-corrected chi connectivity index (χ0v) is 14.8. The summed E-state index contributed by atoms with van der Waals surface area (Å²) in [5, 5.41) is 10.1. The largest absolute Gasteiger partial charge is 0.308 e. The normalized spacial score (nSPS) is 24.8. The van der Waals surface area contributed by atoms with Crippen LogP contribution in [0.1, 0.15) is 38.9 Å². The molecule has 114 valence electrons. The van der Waals surface area contributed by atoms with Gasteiger partial charge in [0.2, 0.25) is 0 Å². The summed E-state index contributed by atoms with van der Waals surface area (Å²) < 4.78 is 2.09. The first-order valence-electron chi connectivity index (χ1n) is 7.36. The summed E-state index contributed by atoms with van der Waals surface area (Å²) in [5.41, 5.74) is 1.17. The lowest BCUT2D eigenvalue weighted by Gasteiger charge is -2.35. The van der Waals surface area contributed by atoms with Crippen molar-refractivity contribution in [3.05, 3.63) is 16.9 Å². The van der Waals surface area contributed by atoms with Crippen LogP contribution in [0.4, 0.5) is 0 Å². The molecule has 20 heavy (non-hydrogen) atoms. The first-order chi connectivity index (χ1) is 9.69. The lowest BCUT2D eigenvalue weighted by atomic mass is 10.1. The molecule has 3 atom stereocenters. The number of aromatic nitrogens is 2. The van der Waals surface area contributed by atoms with E-state index in [4.69, 9.17) is 11.6 Å². The molecule has 6 heteroatoms. The van der Waals surface area contributed by atoms with Gasteiger partial charge in [0, 0.05) is 28.6 Å². The number of nitrogens with zero attached hydrogens (tertiary/aromatic N) is 2. The van der Waals surface area contributed by atoms with E-state index in [-0.39, 0.29) is 6.04 Å². The van der Waals surface area contributed by atoms with E-state index in [2.05, 4.69) is 59.4 Å². The van der Waals surface area contributed by atoms with Crippen LogP contribution in [-0.4, -0.2) is 38.3 Å². The van der Waals surface area contributed by atoms with Crippen LogP contribution in [0.15, 0.2) is 6.20 Å². The lowest BCUT2D eigenvalue weighted by molar-refractivity contribution is 0.465. The summed E-state index contributed by atoms with van der Waals surface area (Å²) in [6.07, 6.45) is 2.87. The maximum Gasteiger partial charge on any atom is 0.0834 e. The molecular weight excluding hydrogens is 310 g/mol. The molecule has 0 spiro atoms. The van der Waals surface area contributed by atoms with Crippen molar-refractivity contribution < 1.29 is 0 Å². The highest BCUT2D eigenvalue weighted by atomic mass is 35.5. The second-order valence-corrected chi connectivity index (χ2v) is 8.23. The van der Waals surface area contributed by atoms with Crippen LogP contribution in [-0.2, 0) is 6.54 Å². The van der Waals surface area contributed by atoms with Crippen LogP contribution >= 0.6 is 35.1 Å². The fourth-order valence-corrected chi connectivity index (χ4v) is 5.85. The van der Waals surface area contributed by atoms with E-state index in [1.54, 1.807) is 6.20 Å². The Labute approximate surface area is 135 Å². The maximum atomic E-state index is 6.44. The number of hydrogen-bond donors (Lipinski definition) is 1. The molecule has 1 aliphatic rings. The monoisotopic (exact) mass is 333 g/mol. The van der Waals surface area contributed by atoms with Crippen LogP contribution in [0.2, 0.25) is 5.02 Å². The number of halogens is 1. The van der Waals surface area contributed by atoms with Crippen molar-refractivity contribution in [2.75, 3.05) is 18.1 Å². The molecule has 2 heterocycles. The average molecular weight is 334 g/mol. The molecule has 0 bridgehead atoms. The summed E-state index contributed by atoms with van der Waals surface area (Å²) in [7, 11) is 0. The second kappa shape index (κ2) is 7.97. The van der Waals surface area contributed by atoms with Crippen molar-refractivity contribution >= 4 is 35.1 Å². The van der Waals surface area contributed by atoms with E-state index in [9.17, 15) is 0 Å². The minimum Gasteiger partial charge on any atom is -0.308 e. The summed E-state index contributed by atoms with van der Waals surface area (Å²) in [6.45, 7) is 8.55. The zero-order valence-electron chi connectivity index (χ0n) is 12.4. The summed E-state index contributed by atoms with van der Waals surface area (Å²) in [5.74, 6) is 2.48. The van der Waals surface area contributed by atoms with Crippen molar-refractivity contribution in [3.63, 3.8) is 0 Å².